The molecule has 0 aliphatic heterocycles. The average Bonchev–Trinajstić information content (AvgIpc) is 2.85. The molecule has 3 rings (SSSR count). The highest BCUT2D eigenvalue weighted by Crippen LogP contribution is 2.41. The minimum Gasteiger partial charge on any atom is -0.381 e. The van der Waals surface area contributed by atoms with Gasteiger partial charge in [0.15, 0.2) is 5.82 Å². The molecule has 0 bridgehead atoms. The van der Waals surface area contributed by atoms with Crippen LogP contribution in [0.2, 0.25) is 0 Å². The van der Waals surface area contributed by atoms with Gasteiger partial charge in [-0.15, -0.1) is 16.4 Å². The van der Waals surface area contributed by atoms with Crippen LogP contribution in [0, 0.1) is 0 Å². The van der Waals surface area contributed by atoms with Crippen molar-refractivity contribution >= 4 is 17.2 Å². The fourth-order valence-electron chi connectivity index (χ4n) is 1.95. The smallest absolute Gasteiger partial charge is 0.169 e. The molecule has 0 amide bonds. The molecule has 0 aromatic carbocycles. The van der Waals surface area contributed by atoms with Crippen LogP contribution in [0.5, 0.6) is 0 Å². The number of rotatable bonds is 4. The summed E-state index contributed by atoms with van der Waals surface area (Å²) in [5, 5.41) is 10.2. The Morgan fingerprint density at radius 1 is 1.50 bits per heavy atom. The summed E-state index contributed by atoms with van der Waals surface area (Å²) in [7, 11) is 0. The first kappa shape index (κ1) is 9.84. The Balaban J connectivity index is 1.74. The number of anilines is 1. The Hall–Kier alpha value is -1.36. The summed E-state index contributed by atoms with van der Waals surface area (Å²) in [5.74, 6) is 1.23. The lowest BCUT2D eigenvalue weighted by molar-refractivity contribution is 0.568. The van der Waals surface area contributed by atoms with Gasteiger partial charge in [0, 0.05) is 23.8 Å². The van der Waals surface area contributed by atoms with E-state index in [4.69, 9.17) is 5.73 Å². The van der Waals surface area contributed by atoms with Gasteiger partial charge < -0.3 is 5.73 Å². The van der Waals surface area contributed by atoms with Crippen LogP contribution in [0.15, 0.2) is 17.5 Å². The Labute approximate surface area is 98.1 Å². The van der Waals surface area contributed by atoms with E-state index in [0.29, 0.717) is 11.7 Å². The molecular formula is C11H14N4S. The molecule has 0 saturated heterocycles. The van der Waals surface area contributed by atoms with Crippen LogP contribution in [0.4, 0.5) is 5.82 Å². The van der Waals surface area contributed by atoms with Gasteiger partial charge in [-0.3, -0.25) is 0 Å². The van der Waals surface area contributed by atoms with Crippen LogP contribution in [-0.2, 0) is 13.0 Å². The predicted molar refractivity (Wildman–Crippen MR) is 64.4 cm³/mol. The van der Waals surface area contributed by atoms with Crippen molar-refractivity contribution in [2.75, 3.05) is 5.73 Å². The minimum absolute atomic E-state index is 0.610. The maximum Gasteiger partial charge on any atom is 0.169 e. The summed E-state index contributed by atoms with van der Waals surface area (Å²) >= 11 is 1.79. The number of hydrogen-bond acceptors (Lipinski definition) is 4. The zero-order valence-electron chi connectivity index (χ0n) is 8.97. The largest absolute Gasteiger partial charge is 0.381 e. The molecule has 0 spiro atoms. The van der Waals surface area contributed by atoms with Crippen LogP contribution in [-0.4, -0.2) is 15.0 Å². The lowest BCUT2D eigenvalue weighted by atomic mass is 10.2. The average molecular weight is 234 g/mol. The second kappa shape index (κ2) is 3.90. The van der Waals surface area contributed by atoms with E-state index in [1.807, 2.05) is 4.68 Å². The molecule has 2 aromatic rings. The zero-order chi connectivity index (χ0) is 11.0. The number of thiophene rings is 1. The highest BCUT2D eigenvalue weighted by Gasteiger charge is 2.30. The molecule has 2 heterocycles. The van der Waals surface area contributed by atoms with Gasteiger partial charge in [-0.1, -0.05) is 11.3 Å². The zero-order valence-corrected chi connectivity index (χ0v) is 9.78. The van der Waals surface area contributed by atoms with E-state index in [0.717, 1.165) is 18.7 Å². The van der Waals surface area contributed by atoms with Crippen molar-refractivity contribution in [3.63, 3.8) is 0 Å². The van der Waals surface area contributed by atoms with Crippen LogP contribution in [0.1, 0.15) is 29.3 Å². The van der Waals surface area contributed by atoms with Crippen LogP contribution >= 0.6 is 11.3 Å². The second-order valence-electron chi connectivity index (χ2n) is 4.19. The number of nitrogens with zero attached hydrogens (tertiary/aromatic N) is 3. The molecule has 2 N–H and O–H groups in total. The third-order valence-electron chi connectivity index (χ3n) is 2.92. The normalized spacial score (nSPS) is 15.5. The van der Waals surface area contributed by atoms with Gasteiger partial charge >= 0.3 is 0 Å². The lowest BCUT2D eigenvalue weighted by Gasteiger charge is -2.04. The topological polar surface area (TPSA) is 56.7 Å². The van der Waals surface area contributed by atoms with E-state index in [1.165, 1.54) is 17.7 Å². The van der Waals surface area contributed by atoms with Crippen LogP contribution < -0.4 is 5.73 Å². The number of hydrogen-bond donors (Lipinski definition) is 1. The predicted octanol–water partition coefficient (Wildman–Crippen LogP) is 2.04. The van der Waals surface area contributed by atoms with Crippen molar-refractivity contribution in [2.45, 2.75) is 31.7 Å². The first-order valence-corrected chi connectivity index (χ1v) is 6.44. The maximum atomic E-state index is 5.84. The number of aromatic nitrogens is 3. The molecule has 5 heteroatoms. The summed E-state index contributed by atoms with van der Waals surface area (Å²) in [5.41, 5.74) is 6.99. The van der Waals surface area contributed by atoms with E-state index < -0.39 is 0 Å². The van der Waals surface area contributed by atoms with Crippen molar-refractivity contribution in [1.82, 2.24) is 15.0 Å². The lowest BCUT2D eigenvalue weighted by Crippen LogP contribution is -2.07. The highest BCUT2D eigenvalue weighted by atomic mass is 32.1. The Morgan fingerprint density at radius 3 is 3.06 bits per heavy atom. The van der Waals surface area contributed by atoms with E-state index >= 15 is 0 Å². The van der Waals surface area contributed by atoms with Gasteiger partial charge in [-0.2, -0.15) is 0 Å². The third-order valence-corrected chi connectivity index (χ3v) is 3.85. The Kier molecular flexibility index (Phi) is 2.40. The Bertz CT molecular complexity index is 470. The molecule has 1 saturated carbocycles. The standard InChI is InChI=1S/C11H14N4S/c12-11-10(8-3-4-8)15(14-13-11)6-5-9-2-1-7-16-9/h1-2,7-8H,3-6,12H2. The van der Waals surface area contributed by atoms with Gasteiger partial charge in [0.05, 0.1) is 5.69 Å². The quantitative estimate of drug-likeness (QED) is 0.880. The molecule has 1 aliphatic carbocycles. The van der Waals surface area contributed by atoms with E-state index in [1.54, 1.807) is 11.3 Å². The summed E-state index contributed by atoms with van der Waals surface area (Å²) < 4.78 is 1.98. The number of nitrogens with two attached hydrogens (primary N) is 1. The van der Waals surface area contributed by atoms with Crippen LogP contribution in [0.3, 0.4) is 0 Å². The molecule has 84 valence electrons. The molecule has 0 radical (unpaired) electrons. The first-order valence-electron chi connectivity index (χ1n) is 5.56. The SMILES string of the molecule is Nc1nnn(CCc2cccs2)c1C1CC1. The van der Waals surface area contributed by atoms with Gasteiger partial charge in [0.1, 0.15) is 0 Å². The fourth-order valence-corrected chi connectivity index (χ4v) is 2.64. The van der Waals surface area contributed by atoms with Crippen molar-refractivity contribution in [3.05, 3.63) is 28.1 Å². The third kappa shape index (κ3) is 1.82. The molecule has 0 unspecified atom stereocenters. The van der Waals surface area contributed by atoms with Gasteiger partial charge in [0.2, 0.25) is 0 Å². The summed E-state index contributed by atoms with van der Waals surface area (Å²) in [6, 6.07) is 4.24. The van der Waals surface area contributed by atoms with Crippen molar-refractivity contribution in [2.24, 2.45) is 0 Å². The van der Waals surface area contributed by atoms with Crippen LogP contribution in [0.25, 0.3) is 0 Å². The maximum absolute atomic E-state index is 5.84. The van der Waals surface area contributed by atoms with Crippen molar-refractivity contribution in [1.29, 1.82) is 0 Å². The molecular weight excluding hydrogens is 220 g/mol. The second-order valence-corrected chi connectivity index (χ2v) is 5.22. The van der Waals surface area contributed by atoms with E-state index in [-0.39, 0.29) is 0 Å². The summed E-state index contributed by atoms with van der Waals surface area (Å²) in [6.45, 7) is 0.885. The van der Waals surface area contributed by atoms with Crippen molar-refractivity contribution in [3.8, 4) is 0 Å². The van der Waals surface area contributed by atoms with E-state index in [9.17, 15) is 0 Å². The Morgan fingerprint density at radius 2 is 2.38 bits per heavy atom. The molecule has 4 nitrogen and oxygen atoms in total. The summed E-state index contributed by atoms with van der Waals surface area (Å²) in [4.78, 5) is 1.39. The number of aryl methyl sites for hydroxylation is 2. The fraction of sp³-hybridized carbons (Fsp3) is 0.455. The molecule has 1 aliphatic rings. The molecule has 2 aromatic heterocycles. The molecule has 16 heavy (non-hydrogen) atoms. The molecule has 0 atom stereocenters. The van der Waals surface area contributed by atoms with Gasteiger partial charge in [0.25, 0.3) is 0 Å². The van der Waals surface area contributed by atoms with Crippen molar-refractivity contribution < 1.29 is 0 Å². The highest BCUT2D eigenvalue weighted by molar-refractivity contribution is 7.09. The van der Waals surface area contributed by atoms with Gasteiger partial charge in [-0.25, -0.2) is 4.68 Å². The first-order chi connectivity index (χ1) is 7.84. The monoisotopic (exact) mass is 234 g/mol. The van der Waals surface area contributed by atoms with E-state index in [2.05, 4.69) is 27.8 Å². The minimum atomic E-state index is 0.610. The molecule has 1 fully saturated rings. The van der Waals surface area contributed by atoms with Gasteiger partial charge in [-0.05, 0) is 24.3 Å². The summed E-state index contributed by atoms with van der Waals surface area (Å²) in [6.07, 6.45) is 3.48. The number of nitrogen functional groups attached to an aromatic ring is 1.